The first kappa shape index (κ1) is 31.3. The SMILES string of the molecule is CC(C)(C)OC(=O)CC[C@]1(C(=O)NNCCF)N=C(c2ccc(OCCCO)cc2)O[C@H]1c1ccccc1N=[N+]=[N-]. The lowest BCUT2D eigenvalue weighted by molar-refractivity contribution is -0.155. The van der Waals surface area contributed by atoms with Crippen LogP contribution in [0.4, 0.5) is 10.1 Å². The van der Waals surface area contributed by atoms with Crippen molar-refractivity contribution >= 4 is 23.5 Å². The number of rotatable bonds is 14. The summed E-state index contributed by atoms with van der Waals surface area (Å²) in [5, 5.41) is 12.7. The fourth-order valence-corrected chi connectivity index (χ4v) is 4.18. The number of nitrogens with zero attached hydrogens (tertiary/aromatic N) is 4. The molecule has 13 heteroatoms. The molecule has 0 radical (unpaired) electrons. The predicted molar refractivity (Wildman–Crippen MR) is 149 cm³/mol. The van der Waals surface area contributed by atoms with Crippen LogP contribution >= 0.6 is 0 Å². The second-order valence-corrected chi connectivity index (χ2v) is 10.2. The molecular formula is C28H35FN6O6. The topological polar surface area (TPSA) is 167 Å². The average molecular weight is 571 g/mol. The maximum absolute atomic E-state index is 13.8. The minimum Gasteiger partial charge on any atom is -0.494 e. The van der Waals surface area contributed by atoms with Crippen LogP contribution in [-0.2, 0) is 19.1 Å². The Balaban J connectivity index is 2.08. The summed E-state index contributed by atoms with van der Waals surface area (Å²) in [4.78, 5) is 34.2. The summed E-state index contributed by atoms with van der Waals surface area (Å²) in [6.07, 6.45) is -0.956. The number of carbonyl (C=O) groups excluding carboxylic acids is 2. The van der Waals surface area contributed by atoms with E-state index in [4.69, 9.17) is 29.8 Å². The van der Waals surface area contributed by atoms with Gasteiger partial charge in [0.1, 0.15) is 18.0 Å². The number of nitrogens with one attached hydrogen (secondary N) is 2. The van der Waals surface area contributed by atoms with Gasteiger partial charge in [0, 0.05) is 47.7 Å². The first-order chi connectivity index (χ1) is 19.6. The molecule has 41 heavy (non-hydrogen) atoms. The van der Waals surface area contributed by atoms with Crippen LogP contribution in [0.2, 0.25) is 0 Å². The minimum absolute atomic E-state index is 0.00900. The van der Waals surface area contributed by atoms with Gasteiger partial charge in [-0.05, 0) is 57.0 Å². The monoisotopic (exact) mass is 570 g/mol. The zero-order chi connectivity index (χ0) is 29.9. The zero-order valence-corrected chi connectivity index (χ0v) is 23.3. The van der Waals surface area contributed by atoms with Gasteiger partial charge in [-0.15, -0.1) is 0 Å². The van der Waals surface area contributed by atoms with Gasteiger partial charge in [-0.2, -0.15) is 0 Å². The fourth-order valence-electron chi connectivity index (χ4n) is 4.18. The second-order valence-electron chi connectivity index (χ2n) is 10.2. The molecule has 0 bridgehead atoms. The van der Waals surface area contributed by atoms with Crippen molar-refractivity contribution in [3.63, 3.8) is 0 Å². The summed E-state index contributed by atoms with van der Waals surface area (Å²) in [7, 11) is 0. The van der Waals surface area contributed by atoms with Crippen LogP contribution in [0, 0.1) is 0 Å². The molecule has 2 aromatic rings. The lowest BCUT2D eigenvalue weighted by Crippen LogP contribution is -2.53. The highest BCUT2D eigenvalue weighted by Crippen LogP contribution is 2.46. The standard InChI is InChI=1S/C28H35FN6O6/c1-27(2,3)41-23(37)13-14-28(26(38)34-31-16-15-29)24(21-7-4-5-8-22(21)33-35-30)40-25(32-28)19-9-11-20(12-10-19)39-18-6-17-36/h4-5,7-12,24,31,36H,6,13-18H2,1-3H3,(H,34,38)/t24-,28-/m0/s1. The summed E-state index contributed by atoms with van der Waals surface area (Å²) in [5.41, 5.74) is 12.8. The van der Waals surface area contributed by atoms with Crippen LogP contribution in [0.25, 0.3) is 10.4 Å². The van der Waals surface area contributed by atoms with Gasteiger partial charge < -0.3 is 19.3 Å². The second kappa shape index (κ2) is 14.4. The number of hydrogen-bond donors (Lipinski definition) is 3. The quantitative estimate of drug-likeness (QED) is 0.0757. The number of aliphatic hydroxyl groups is 1. The lowest BCUT2D eigenvalue weighted by atomic mass is 9.83. The number of aliphatic imine (C=N–C) groups is 1. The molecule has 3 N–H and O–H groups in total. The molecule has 0 aromatic heterocycles. The van der Waals surface area contributed by atoms with Gasteiger partial charge in [-0.3, -0.25) is 15.0 Å². The third-order valence-corrected chi connectivity index (χ3v) is 5.95. The minimum atomic E-state index is -1.73. The Morgan fingerprint density at radius 1 is 1.22 bits per heavy atom. The van der Waals surface area contributed by atoms with Crippen LogP contribution in [0.5, 0.6) is 5.75 Å². The largest absolute Gasteiger partial charge is 0.494 e. The molecule has 2 aromatic carbocycles. The van der Waals surface area contributed by atoms with Crippen LogP contribution in [-0.4, -0.2) is 60.5 Å². The number of hydrazine groups is 1. The number of aliphatic hydroxyl groups excluding tert-OH is 1. The highest BCUT2D eigenvalue weighted by molar-refractivity contribution is 6.01. The summed E-state index contributed by atoms with van der Waals surface area (Å²) in [5.74, 6) is -0.543. The number of carbonyl (C=O) groups is 2. The van der Waals surface area contributed by atoms with E-state index in [1.54, 1.807) is 69.3 Å². The third-order valence-electron chi connectivity index (χ3n) is 5.95. The Morgan fingerprint density at radius 2 is 1.95 bits per heavy atom. The van der Waals surface area contributed by atoms with Gasteiger partial charge in [-0.25, -0.2) is 14.8 Å². The van der Waals surface area contributed by atoms with Crippen molar-refractivity contribution in [1.29, 1.82) is 0 Å². The van der Waals surface area contributed by atoms with E-state index in [1.807, 2.05) is 0 Å². The van der Waals surface area contributed by atoms with Crippen molar-refractivity contribution in [2.45, 2.75) is 57.3 Å². The van der Waals surface area contributed by atoms with Gasteiger partial charge in [0.05, 0.1) is 6.61 Å². The molecule has 1 aliphatic heterocycles. The van der Waals surface area contributed by atoms with Crippen molar-refractivity contribution in [2.75, 3.05) is 26.4 Å². The van der Waals surface area contributed by atoms with Crippen LogP contribution < -0.4 is 15.6 Å². The van der Waals surface area contributed by atoms with Crippen LogP contribution in [0.3, 0.4) is 0 Å². The Bertz CT molecular complexity index is 1280. The maximum atomic E-state index is 13.8. The van der Waals surface area contributed by atoms with Crippen LogP contribution in [0.15, 0.2) is 58.6 Å². The molecule has 1 aliphatic rings. The molecule has 3 rings (SSSR count). The van der Waals surface area contributed by atoms with E-state index < -0.39 is 35.8 Å². The molecule has 0 aliphatic carbocycles. The molecule has 0 saturated carbocycles. The first-order valence-electron chi connectivity index (χ1n) is 13.2. The molecule has 0 unspecified atom stereocenters. The third kappa shape index (κ3) is 8.40. The van der Waals surface area contributed by atoms with Gasteiger partial charge in [0.25, 0.3) is 5.91 Å². The van der Waals surface area contributed by atoms with Crippen molar-refractivity contribution in [3.8, 4) is 5.75 Å². The van der Waals surface area contributed by atoms with Gasteiger partial charge in [0.15, 0.2) is 11.6 Å². The number of benzene rings is 2. The van der Waals surface area contributed by atoms with Crippen molar-refractivity contribution in [1.82, 2.24) is 10.9 Å². The number of alkyl halides is 1. The van der Waals surface area contributed by atoms with Crippen molar-refractivity contribution in [2.24, 2.45) is 10.1 Å². The fraction of sp³-hybridized carbons (Fsp3) is 0.464. The first-order valence-corrected chi connectivity index (χ1v) is 13.2. The van der Waals surface area contributed by atoms with Gasteiger partial charge in [-0.1, -0.05) is 29.4 Å². The molecule has 220 valence electrons. The number of hydrogen-bond acceptors (Lipinski definition) is 9. The molecule has 1 heterocycles. The maximum Gasteiger partial charge on any atom is 0.306 e. The van der Waals surface area contributed by atoms with E-state index in [0.717, 1.165) is 0 Å². The molecule has 0 spiro atoms. The molecule has 2 atom stereocenters. The summed E-state index contributed by atoms with van der Waals surface area (Å²) in [6, 6.07) is 13.4. The molecule has 1 amide bonds. The van der Waals surface area contributed by atoms with E-state index in [-0.39, 0.29) is 37.6 Å². The number of azide groups is 1. The Morgan fingerprint density at radius 3 is 2.61 bits per heavy atom. The number of esters is 1. The van der Waals surface area contributed by atoms with Gasteiger partial charge in [0.2, 0.25) is 5.90 Å². The highest BCUT2D eigenvalue weighted by Gasteiger charge is 2.54. The number of halogens is 1. The molecule has 0 fully saturated rings. The summed E-state index contributed by atoms with van der Waals surface area (Å²) in [6.45, 7) is 4.67. The van der Waals surface area contributed by atoms with Crippen molar-refractivity contribution in [3.05, 3.63) is 70.1 Å². The lowest BCUT2D eigenvalue weighted by Gasteiger charge is -2.31. The molecule has 0 saturated heterocycles. The summed E-state index contributed by atoms with van der Waals surface area (Å²) < 4.78 is 30.2. The molecular weight excluding hydrogens is 535 g/mol. The Hall–Kier alpha value is -4.19. The Labute approximate surface area is 237 Å². The van der Waals surface area contributed by atoms with E-state index >= 15 is 0 Å². The Kier molecular flexibility index (Phi) is 11.0. The predicted octanol–water partition coefficient (Wildman–Crippen LogP) is 4.36. The van der Waals surface area contributed by atoms with E-state index in [2.05, 4.69) is 20.9 Å². The number of amides is 1. The highest BCUT2D eigenvalue weighted by atomic mass is 19.1. The van der Waals surface area contributed by atoms with E-state index in [9.17, 15) is 14.0 Å². The van der Waals surface area contributed by atoms with Gasteiger partial charge >= 0.3 is 5.97 Å². The summed E-state index contributed by atoms with van der Waals surface area (Å²) >= 11 is 0. The van der Waals surface area contributed by atoms with Crippen molar-refractivity contribution < 1.29 is 33.3 Å². The van der Waals surface area contributed by atoms with Crippen LogP contribution in [0.1, 0.15) is 57.3 Å². The number of ether oxygens (including phenoxy) is 3. The zero-order valence-electron chi connectivity index (χ0n) is 23.3. The normalized spacial score (nSPS) is 18.1. The van der Waals surface area contributed by atoms with E-state index in [1.165, 1.54) is 0 Å². The van der Waals surface area contributed by atoms with E-state index in [0.29, 0.717) is 29.9 Å². The molecule has 12 nitrogen and oxygen atoms in total. The average Bonchev–Trinajstić information content (AvgIpc) is 3.33. The smallest absolute Gasteiger partial charge is 0.306 e.